The number of carbonyl (C=O) groups excluding carboxylic acids is 1. The number of thioether (sulfide) groups is 2. The zero-order chi connectivity index (χ0) is 15.6. The zero-order valence-corrected chi connectivity index (χ0v) is 14.4. The van der Waals surface area contributed by atoms with Crippen molar-refractivity contribution < 1.29 is 4.79 Å². The molecule has 0 heterocycles. The molecule has 2 aromatic carbocycles. The lowest BCUT2D eigenvalue weighted by Crippen LogP contribution is -2.12. The summed E-state index contributed by atoms with van der Waals surface area (Å²) >= 11 is 3.53. The van der Waals surface area contributed by atoms with E-state index in [0.29, 0.717) is 6.42 Å². The van der Waals surface area contributed by atoms with Crippen molar-refractivity contribution >= 4 is 35.1 Å². The summed E-state index contributed by atoms with van der Waals surface area (Å²) in [5.41, 5.74) is 2.25. The third-order valence-electron chi connectivity index (χ3n) is 3.19. The van der Waals surface area contributed by atoms with Crippen LogP contribution in [0.3, 0.4) is 0 Å². The monoisotopic (exact) mass is 331 g/mol. The van der Waals surface area contributed by atoms with Gasteiger partial charge in [-0.1, -0.05) is 42.5 Å². The standard InChI is InChI=1S/C18H21NOS2/c1-21-17-11-6-5-10-16(17)19-18(20)12-7-13-22-14-15-8-3-2-4-9-15/h2-6,8-11H,7,12-14H2,1H3,(H,19,20). The Morgan fingerprint density at radius 2 is 1.77 bits per heavy atom. The molecule has 2 aromatic rings. The number of hydrogen-bond donors (Lipinski definition) is 1. The number of carbonyl (C=O) groups is 1. The molecule has 4 heteroatoms. The van der Waals surface area contributed by atoms with E-state index in [1.165, 1.54) is 5.56 Å². The second-order valence-electron chi connectivity index (χ2n) is 4.89. The number of nitrogens with one attached hydrogen (secondary N) is 1. The quantitative estimate of drug-likeness (QED) is 0.541. The Kier molecular flexibility index (Phi) is 7.40. The molecule has 22 heavy (non-hydrogen) atoms. The van der Waals surface area contributed by atoms with Crippen molar-refractivity contribution in [2.75, 3.05) is 17.3 Å². The average molecular weight is 332 g/mol. The first-order valence-electron chi connectivity index (χ1n) is 7.34. The van der Waals surface area contributed by atoms with Crippen LogP contribution in [0.5, 0.6) is 0 Å². The number of amides is 1. The second kappa shape index (κ2) is 9.59. The van der Waals surface area contributed by atoms with E-state index in [1.54, 1.807) is 11.8 Å². The molecule has 0 spiro atoms. The molecule has 0 saturated carbocycles. The van der Waals surface area contributed by atoms with Gasteiger partial charge in [0.05, 0.1) is 5.69 Å². The fourth-order valence-corrected chi connectivity index (χ4v) is 3.53. The molecule has 0 bridgehead atoms. The van der Waals surface area contributed by atoms with Gasteiger partial charge in [-0.2, -0.15) is 11.8 Å². The van der Waals surface area contributed by atoms with Gasteiger partial charge in [-0.25, -0.2) is 0 Å². The number of hydrogen-bond acceptors (Lipinski definition) is 3. The molecular weight excluding hydrogens is 310 g/mol. The van der Waals surface area contributed by atoms with Crippen LogP contribution in [0.1, 0.15) is 18.4 Å². The van der Waals surface area contributed by atoms with E-state index in [0.717, 1.165) is 28.5 Å². The van der Waals surface area contributed by atoms with E-state index in [4.69, 9.17) is 0 Å². The van der Waals surface area contributed by atoms with Crippen molar-refractivity contribution in [1.82, 2.24) is 0 Å². The van der Waals surface area contributed by atoms with Gasteiger partial charge < -0.3 is 5.32 Å². The number of anilines is 1. The van der Waals surface area contributed by atoms with Crippen LogP contribution in [0.15, 0.2) is 59.5 Å². The van der Waals surface area contributed by atoms with Gasteiger partial charge in [0.2, 0.25) is 5.91 Å². The number of para-hydroxylation sites is 1. The molecule has 0 atom stereocenters. The van der Waals surface area contributed by atoms with Crippen molar-refractivity contribution in [2.24, 2.45) is 0 Å². The van der Waals surface area contributed by atoms with Gasteiger partial charge in [-0.3, -0.25) is 4.79 Å². The topological polar surface area (TPSA) is 29.1 Å². The van der Waals surface area contributed by atoms with E-state index in [9.17, 15) is 4.79 Å². The highest BCUT2D eigenvalue weighted by molar-refractivity contribution is 7.98. The maximum atomic E-state index is 12.0. The minimum absolute atomic E-state index is 0.0989. The fourth-order valence-electron chi connectivity index (χ4n) is 2.06. The average Bonchev–Trinajstić information content (AvgIpc) is 2.56. The Balaban J connectivity index is 1.65. The van der Waals surface area contributed by atoms with E-state index >= 15 is 0 Å². The van der Waals surface area contributed by atoms with Crippen molar-refractivity contribution in [3.05, 3.63) is 60.2 Å². The summed E-state index contributed by atoms with van der Waals surface area (Å²) in [6, 6.07) is 18.3. The first-order chi connectivity index (χ1) is 10.8. The molecular formula is C18H21NOS2. The van der Waals surface area contributed by atoms with Gasteiger partial charge in [-0.05, 0) is 36.1 Å². The summed E-state index contributed by atoms with van der Waals surface area (Å²) in [6.07, 6.45) is 3.50. The molecule has 2 rings (SSSR count). The van der Waals surface area contributed by atoms with Crippen LogP contribution in [0, 0.1) is 0 Å². The van der Waals surface area contributed by atoms with Gasteiger partial charge in [0.25, 0.3) is 0 Å². The normalized spacial score (nSPS) is 10.4. The van der Waals surface area contributed by atoms with Crippen LogP contribution in [0.4, 0.5) is 5.69 Å². The minimum atomic E-state index is 0.0989. The lowest BCUT2D eigenvalue weighted by atomic mass is 10.2. The predicted molar refractivity (Wildman–Crippen MR) is 98.7 cm³/mol. The fraction of sp³-hybridized carbons (Fsp3) is 0.278. The molecule has 116 valence electrons. The van der Waals surface area contributed by atoms with Crippen molar-refractivity contribution in [3.8, 4) is 0 Å². The Hall–Kier alpha value is -1.39. The van der Waals surface area contributed by atoms with Crippen LogP contribution in [-0.4, -0.2) is 17.9 Å². The molecule has 2 nitrogen and oxygen atoms in total. The summed E-state index contributed by atoms with van der Waals surface area (Å²) in [7, 11) is 0. The summed E-state index contributed by atoms with van der Waals surface area (Å²) < 4.78 is 0. The molecule has 0 aliphatic rings. The second-order valence-corrected chi connectivity index (χ2v) is 6.84. The molecule has 0 fully saturated rings. The highest BCUT2D eigenvalue weighted by atomic mass is 32.2. The maximum absolute atomic E-state index is 12.0. The molecule has 1 amide bonds. The SMILES string of the molecule is CSc1ccccc1NC(=O)CCCSCc1ccccc1. The van der Waals surface area contributed by atoms with Crippen molar-refractivity contribution in [1.29, 1.82) is 0 Å². The van der Waals surface area contributed by atoms with E-state index in [1.807, 2.05) is 48.3 Å². The molecule has 0 aliphatic carbocycles. The van der Waals surface area contributed by atoms with Crippen molar-refractivity contribution in [3.63, 3.8) is 0 Å². The smallest absolute Gasteiger partial charge is 0.224 e. The first-order valence-corrected chi connectivity index (χ1v) is 9.72. The van der Waals surface area contributed by atoms with Crippen LogP contribution >= 0.6 is 23.5 Å². The molecule has 1 N–H and O–H groups in total. The Bertz CT molecular complexity index is 587. The van der Waals surface area contributed by atoms with Gasteiger partial charge in [0.1, 0.15) is 0 Å². The highest BCUT2D eigenvalue weighted by Crippen LogP contribution is 2.24. The van der Waals surface area contributed by atoms with Gasteiger partial charge in [-0.15, -0.1) is 11.8 Å². The molecule has 0 unspecified atom stereocenters. The van der Waals surface area contributed by atoms with Crippen LogP contribution in [-0.2, 0) is 10.5 Å². The van der Waals surface area contributed by atoms with E-state index < -0.39 is 0 Å². The summed E-state index contributed by atoms with van der Waals surface area (Å²) in [5.74, 6) is 2.12. The van der Waals surface area contributed by atoms with Gasteiger partial charge in [0.15, 0.2) is 0 Å². The number of benzene rings is 2. The van der Waals surface area contributed by atoms with Crippen molar-refractivity contribution in [2.45, 2.75) is 23.5 Å². The van der Waals surface area contributed by atoms with Gasteiger partial charge >= 0.3 is 0 Å². The minimum Gasteiger partial charge on any atom is -0.325 e. The lowest BCUT2D eigenvalue weighted by Gasteiger charge is -2.09. The van der Waals surface area contributed by atoms with E-state index in [2.05, 4.69) is 29.6 Å². The van der Waals surface area contributed by atoms with E-state index in [-0.39, 0.29) is 5.91 Å². The summed E-state index contributed by atoms with van der Waals surface area (Å²) in [4.78, 5) is 13.1. The highest BCUT2D eigenvalue weighted by Gasteiger charge is 2.05. The largest absolute Gasteiger partial charge is 0.325 e. The Morgan fingerprint density at radius 3 is 2.55 bits per heavy atom. The third-order valence-corrected chi connectivity index (χ3v) is 5.10. The van der Waals surface area contributed by atoms with Crippen LogP contribution in [0.25, 0.3) is 0 Å². The third kappa shape index (κ3) is 5.78. The Morgan fingerprint density at radius 1 is 1.05 bits per heavy atom. The number of rotatable bonds is 8. The van der Waals surface area contributed by atoms with Crippen LogP contribution < -0.4 is 5.32 Å². The molecule has 0 aliphatic heterocycles. The summed E-state index contributed by atoms with van der Waals surface area (Å²) in [5, 5.41) is 3.00. The Labute approximate surface area is 141 Å². The van der Waals surface area contributed by atoms with Crippen LogP contribution in [0.2, 0.25) is 0 Å². The maximum Gasteiger partial charge on any atom is 0.224 e. The van der Waals surface area contributed by atoms with Gasteiger partial charge in [0, 0.05) is 17.1 Å². The molecule has 0 saturated heterocycles. The first kappa shape index (κ1) is 17.0. The predicted octanol–water partition coefficient (Wildman–Crippen LogP) is 5.06. The molecule has 0 radical (unpaired) electrons. The zero-order valence-electron chi connectivity index (χ0n) is 12.7. The molecule has 0 aromatic heterocycles. The lowest BCUT2D eigenvalue weighted by molar-refractivity contribution is -0.116. The summed E-state index contributed by atoms with van der Waals surface area (Å²) in [6.45, 7) is 0.